The first-order valence-corrected chi connectivity index (χ1v) is 15.8. The summed E-state index contributed by atoms with van der Waals surface area (Å²) in [6, 6.07) is 10.6. The molecule has 39 heavy (non-hydrogen) atoms. The van der Waals surface area contributed by atoms with E-state index < -0.39 is 33.2 Å². The van der Waals surface area contributed by atoms with Crippen LogP contribution >= 0.6 is 0 Å². The number of phenolic OH excluding ortho intramolecular Hbond substituents is 1. The molecule has 0 aromatic heterocycles. The smallest absolute Gasteiger partial charge is 0.303 e. The lowest BCUT2D eigenvalue weighted by Crippen LogP contribution is -2.79. The third-order valence-electron chi connectivity index (χ3n) is 9.99. The number of nitrogens with one attached hydrogen (secondary N) is 1. The second-order valence-electron chi connectivity index (χ2n) is 12.3. The second-order valence-corrected chi connectivity index (χ2v) is 14.1. The predicted molar refractivity (Wildman–Crippen MR) is 145 cm³/mol. The fourth-order valence-corrected chi connectivity index (χ4v) is 9.81. The summed E-state index contributed by atoms with van der Waals surface area (Å²) in [6.07, 6.45) is 4.28. The minimum Gasteiger partial charge on any atom is -0.504 e. The van der Waals surface area contributed by atoms with Gasteiger partial charge in [-0.1, -0.05) is 30.3 Å². The van der Waals surface area contributed by atoms with Crippen LogP contribution in [0.1, 0.15) is 61.3 Å². The third-order valence-corrected chi connectivity index (χ3v) is 11.3. The average molecular weight is 553 g/mol. The van der Waals surface area contributed by atoms with Crippen LogP contribution in [0.2, 0.25) is 0 Å². The van der Waals surface area contributed by atoms with Crippen LogP contribution in [0.25, 0.3) is 0 Å². The third kappa shape index (κ3) is 3.76. The summed E-state index contributed by atoms with van der Waals surface area (Å²) in [5.74, 6) is 0.710. The number of rotatable bonds is 7. The molecule has 5 aliphatic rings. The Labute approximate surface area is 229 Å². The van der Waals surface area contributed by atoms with E-state index in [1.807, 2.05) is 37.3 Å². The van der Waals surface area contributed by atoms with Crippen LogP contribution < -0.4 is 9.46 Å². The molecule has 2 heterocycles. The lowest BCUT2D eigenvalue weighted by Gasteiger charge is -2.65. The highest BCUT2D eigenvalue weighted by Crippen LogP contribution is 2.66. The zero-order valence-corrected chi connectivity index (χ0v) is 23.3. The molecule has 3 fully saturated rings. The lowest BCUT2D eigenvalue weighted by molar-refractivity contribution is -0.218. The number of ether oxygens (including phenoxy) is 2. The quantitative estimate of drug-likeness (QED) is 0.508. The van der Waals surface area contributed by atoms with Crippen molar-refractivity contribution in [1.82, 2.24) is 9.62 Å². The van der Waals surface area contributed by atoms with E-state index in [0.717, 1.165) is 35.3 Å². The van der Waals surface area contributed by atoms with E-state index in [0.29, 0.717) is 37.4 Å². The molecule has 2 aromatic rings. The highest BCUT2D eigenvalue weighted by molar-refractivity contribution is 7.88. The number of hydrogen-bond donors (Lipinski definition) is 2. The Bertz CT molecular complexity index is 1460. The number of piperidine rings is 1. The SMILES string of the molecule is CC(=O)O[C@@]12CC[C@H](NS(=O)(=O)Cc3ccccc3C)[C@@H]3Oc4c(O)ccc5c4[C@@]31CCN(CC1CC1)[C@@H]2C5. The lowest BCUT2D eigenvalue weighted by atomic mass is 9.48. The summed E-state index contributed by atoms with van der Waals surface area (Å²) in [5, 5.41) is 10.9. The van der Waals surface area contributed by atoms with Gasteiger partial charge in [-0.3, -0.25) is 9.69 Å². The maximum absolute atomic E-state index is 13.5. The minimum absolute atomic E-state index is 0.0191. The van der Waals surface area contributed by atoms with Gasteiger partial charge in [0.05, 0.1) is 23.3 Å². The van der Waals surface area contributed by atoms with Crippen molar-refractivity contribution >= 4 is 16.0 Å². The molecule has 8 nitrogen and oxygen atoms in total. The van der Waals surface area contributed by atoms with Crippen molar-refractivity contribution in [3.05, 3.63) is 58.7 Å². The summed E-state index contributed by atoms with van der Waals surface area (Å²) in [7, 11) is -3.70. The van der Waals surface area contributed by atoms with Gasteiger partial charge in [0, 0.05) is 19.0 Å². The molecule has 208 valence electrons. The second kappa shape index (κ2) is 8.69. The Morgan fingerprint density at radius 3 is 2.72 bits per heavy atom. The van der Waals surface area contributed by atoms with Crippen molar-refractivity contribution in [2.24, 2.45) is 5.92 Å². The van der Waals surface area contributed by atoms with Crippen molar-refractivity contribution in [1.29, 1.82) is 0 Å². The molecule has 5 atom stereocenters. The molecule has 2 saturated carbocycles. The van der Waals surface area contributed by atoms with E-state index in [1.54, 1.807) is 6.07 Å². The number of phenols is 1. The fraction of sp³-hybridized carbons (Fsp3) is 0.567. The van der Waals surface area contributed by atoms with Crippen LogP contribution in [-0.2, 0) is 37.1 Å². The van der Waals surface area contributed by atoms with Crippen molar-refractivity contribution in [3.63, 3.8) is 0 Å². The molecule has 9 heteroatoms. The molecule has 2 aromatic carbocycles. The van der Waals surface area contributed by atoms with E-state index in [-0.39, 0.29) is 23.5 Å². The molecule has 1 spiro atoms. The number of nitrogens with zero attached hydrogens (tertiary/aromatic N) is 1. The van der Waals surface area contributed by atoms with Crippen LogP contribution in [0.5, 0.6) is 11.5 Å². The highest BCUT2D eigenvalue weighted by atomic mass is 32.2. The molecule has 2 N–H and O–H groups in total. The van der Waals surface area contributed by atoms with Crippen molar-refractivity contribution in [2.45, 2.75) is 87.3 Å². The number of benzene rings is 2. The molecule has 2 aliphatic heterocycles. The Morgan fingerprint density at radius 2 is 1.97 bits per heavy atom. The van der Waals surface area contributed by atoms with Gasteiger partial charge in [0.1, 0.15) is 11.7 Å². The molecule has 0 radical (unpaired) electrons. The van der Waals surface area contributed by atoms with Crippen molar-refractivity contribution in [2.75, 3.05) is 13.1 Å². The largest absolute Gasteiger partial charge is 0.504 e. The number of hydrogen-bond acceptors (Lipinski definition) is 7. The molecule has 0 amide bonds. The standard InChI is InChI=1S/C30H36N2O6S/c1-18-5-3-4-6-22(18)17-39(35,36)31-23-11-12-30(38-19(2)33)25-15-21-9-10-24(34)27-26(21)29(30,28(23)37-27)13-14-32(25)16-20-7-8-20/h3-6,9-10,20,23,25,28,31,34H,7-8,11-17H2,1-2H3/t23-,25+,28-,29-,30+/m0/s1. The number of sulfonamides is 1. The van der Waals surface area contributed by atoms with Gasteiger partial charge >= 0.3 is 5.97 Å². The molecular formula is C30H36N2O6S. The Kier molecular flexibility index (Phi) is 5.65. The van der Waals surface area contributed by atoms with Crippen LogP contribution in [0.15, 0.2) is 36.4 Å². The van der Waals surface area contributed by atoms with Gasteiger partial charge in [-0.2, -0.15) is 0 Å². The average Bonchev–Trinajstić information content (AvgIpc) is 3.61. The number of aromatic hydroxyl groups is 1. The van der Waals surface area contributed by atoms with Crippen LogP contribution in [-0.4, -0.2) is 61.3 Å². The van der Waals surface area contributed by atoms with E-state index in [1.165, 1.54) is 19.8 Å². The van der Waals surface area contributed by atoms with E-state index in [2.05, 4.69) is 9.62 Å². The number of carbonyl (C=O) groups excluding carboxylic acids is 1. The summed E-state index contributed by atoms with van der Waals surface area (Å²) in [6.45, 7) is 5.19. The van der Waals surface area contributed by atoms with Crippen molar-refractivity contribution < 1.29 is 27.8 Å². The Morgan fingerprint density at radius 1 is 1.18 bits per heavy atom. The molecule has 2 bridgehead atoms. The predicted octanol–water partition coefficient (Wildman–Crippen LogP) is 3.32. The summed E-state index contributed by atoms with van der Waals surface area (Å²) in [5.41, 5.74) is 2.12. The maximum atomic E-state index is 13.5. The summed E-state index contributed by atoms with van der Waals surface area (Å²) in [4.78, 5) is 15.2. The number of esters is 1. The van der Waals surface area contributed by atoms with Crippen LogP contribution in [0, 0.1) is 12.8 Å². The summed E-state index contributed by atoms with van der Waals surface area (Å²) >= 11 is 0. The topological polar surface area (TPSA) is 105 Å². The maximum Gasteiger partial charge on any atom is 0.303 e. The van der Waals surface area contributed by atoms with Crippen molar-refractivity contribution in [3.8, 4) is 11.5 Å². The van der Waals surface area contributed by atoms with Gasteiger partial charge in [0.15, 0.2) is 11.5 Å². The van der Waals surface area contributed by atoms with Crippen LogP contribution in [0.4, 0.5) is 0 Å². The monoisotopic (exact) mass is 552 g/mol. The van der Waals surface area contributed by atoms with Gasteiger partial charge in [-0.05, 0) is 80.7 Å². The van der Waals surface area contributed by atoms with Gasteiger partial charge < -0.3 is 14.6 Å². The molecule has 3 aliphatic carbocycles. The minimum atomic E-state index is -3.70. The Hall–Kier alpha value is -2.62. The normalized spacial score (nSPS) is 32.8. The number of aryl methyl sites for hydroxylation is 1. The van der Waals surface area contributed by atoms with Gasteiger partial charge in [-0.25, -0.2) is 13.1 Å². The zero-order valence-electron chi connectivity index (χ0n) is 22.5. The zero-order chi connectivity index (χ0) is 27.2. The first-order chi connectivity index (χ1) is 18.6. The number of likely N-dealkylation sites (tertiary alicyclic amines) is 1. The molecule has 1 saturated heterocycles. The first-order valence-electron chi connectivity index (χ1n) is 14.1. The van der Waals surface area contributed by atoms with Gasteiger partial charge in [-0.15, -0.1) is 0 Å². The van der Waals surface area contributed by atoms with Gasteiger partial charge in [0.25, 0.3) is 0 Å². The Balaban J connectivity index is 1.31. The summed E-state index contributed by atoms with van der Waals surface area (Å²) < 4.78 is 43.0. The van der Waals surface area contributed by atoms with E-state index in [9.17, 15) is 18.3 Å². The highest BCUT2D eigenvalue weighted by Gasteiger charge is 2.75. The first kappa shape index (κ1) is 25.4. The van der Waals surface area contributed by atoms with E-state index >= 15 is 0 Å². The fourth-order valence-electron chi connectivity index (χ4n) is 8.29. The molecule has 0 unspecified atom stereocenters. The van der Waals surface area contributed by atoms with Gasteiger partial charge in [0.2, 0.25) is 10.0 Å². The van der Waals surface area contributed by atoms with E-state index in [4.69, 9.17) is 9.47 Å². The van der Waals surface area contributed by atoms with Crippen LogP contribution in [0.3, 0.4) is 0 Å². The number of carbonyl (C=O) groups is 1. The molecule has 7 rings (SSSR count). The molecular weight excluding hydrogens is 516 g/mol.